The minimum absolute atomic E-state index is 0.200. The summed E-state index contributed by atoms with van der Waals surface area (Å²) in [6, 6.07) is 1.79. The number of imide groups is 1. The van der Waals surface area contributed by atoms with Crippen molar-refractivity contribution in [2.75, 3.05) is 0 Å². The zero-order chi connectivity index (χ0) is 14.4. The molecule has 3 rings (SSSR count). The summed E-state index contributed by atoms with van der Waals surface area (Å²) in [5.41, 5.74) is 0.933. The first-order valence-electron chi connectivity index (χ1n) is 6.10. The molecule has 0 aliphatic carbocycles. The van der Waals surface area contributed by atoms with E-state index in [1.54, 1.807) is 0 Å². The molecular formula is C13H10BrFN2O3. The van der Waals surface area contributed by atoms with Crippen molar-refractivity contribution in [3.8, 4) is 0 Å². The normalized spacial score (nSPS) is 22.0. The number of carbonyl (C=O) groups excluding carboxylic acids is 3. The van der Waals surface area contributed by atoms with E-state index in [2.05, 4.69) is 21.2 Å². The molecule has 1 aromatic rings. The maximum absolute atomic E-state index is 13.4. The standard InChI is InChI=1S/C13H10BrFN2O3/c14-9-4-6(15)3-7-8(9)5-17(13(7)20)10-1-2-11(18)16-12(10)19/h3-4,10H,1-2,5H2,(H,16,18,19)/t10-/m0/s1. The summed E-state index contributed by atoms with van der Waals surface area (Å²) in [4.78, 5) is 36.7. The summed E-state index contributed by atoms with van der Waals surface area (Å²) in [7, 11) is 0. The highest BCUT2D eigenvalue weighted by Gasteiger charge is 2.39. The predicted octanol–water partition coefficient (Wildman–Crippen LogP) is 1.35. The lowest BCUT2D eigenvalue weighted by molar-refractivity contribution is -0.136. The van der Waals surface area contributed by atoms with Gasteiger partial charge in [-0.25, -0.2) is 4.39 Å². The molecule has 7 heteroatoms. The molecular weight excluding hydrogens is 331 g/mol. The number of nitrogens with zero attached hydrogens (tertiary/aromatic N) is 1. The fourth-order valence-electron chi connectivity index (χ4n) is 2.58. The monoisotopic (exact) mass is 340 g/mol. The van der Waals surface area contributed by atoms with Gasteiger partial charge in [-0.1, -0.05) is 15.9 Å². The minimum Gasteiger partial charge on any atom is -0.322 e. The van der Waals surface area contributed by atoms with E-state index < -0.39 is 17.8 Å². The molecule has 1 N–H and O–H groups in total. The summed E-state index contributed by atoms with van der Waals surface area (Å²) in [6.07, 6.45) is 0.497. The lowest BCUT2D eigenvalue weighted by Gasteiger charge is -2.29. The Morgan fingerprint density at radius 1 is 1.30 bits per heavy atom. The molecule has 104 valence electrons. The van der Waals surface area contributed by atoms with Gasteiger partial charge in [-0.05, 0) is 24.1 Å². The lowest BCUT2D eigenvalue weighted by Crippen LogP contribution is -2.52. The molecule has 5 nitrogen and oxygen atoms in total. The predicted molar refractivity (Wildman–Crippen MR) is 70.1 cm³/mol. The van der Waals surface area contributed by atoms with Gasteiger partial charge < -0.3 is 4.90 Å². The van der Waals surface area contributed by atoms with E-state index in [0.29, 0.717) is 16.5 Å². The van der Waals surface area contributed by atoms with Crippen molar-refractivity contribution < 1.29 is 18.8 Å². The van der Waals surface area contributed by atoms with Crippen molar-refractivity contribution in [3.05, 3.63) is 33.5 Å². The number of halogens is 2. The van der Waals surface area contributed by atoms with Crippen molar-refractivity contribution in [3.63, 3.8) is 0 Å². The summed E-state index contributed by atoms with van der Waals surface area (Å²) >= 11 is 3.23. The second-order valence-corrected chi connectivity index (χ2v) is 5.67. The number of benzene rings is 1. The second kappa shape index (κ2) is 4.66. The molecule has 3 amide bonds. The fourth-order valence-corrected chi connectivity index (χ4v) is 3.14. The van der Waals surface area contributed by atoms with E-state index in [1.165, 1.54) is 17.0 Å². The molecule has 2 aliphatic heterocycles. The highest BCUT2D eigenvalue weighted by Crippen LogP contribution is 2.32. The Morgan fingerprint density at radius 2 is 2.05 bits per heavy atom. The molecule has 1 aromatic carbocycles. The Balaban J connectivity index is 1.92. The third-order valence-electron chi connectivity index (χ3n) is 3.57. The van der Waals surface area contributed by atoms with Gasteiger partial charge in [0.1, 0.15) is 11.9 Å². The van der Waals surface area contributed by atoms with Gasteiger partial charge in [-0.15, -0.1) is 0 Å². The maximum Gasteiger partial charge on any atom is 0.255 e. The lowest BCUT2D eigenvalue weighted by atomic mass is 10.0. The van der Waals surface area contributed by atoms with Crippen LogP contribution >= 0.6 is 15.9 Å². The number of piperidine rings is 1. The van der Waals surface area contributed by atoms with E-state index in [0.717, 1.165) is 0 Å². The molecule has 2 aliphatic rings. The van der Waals surface area contributed by atoms with Gasteiger partial charge in [0.15, 0.2) is 0 Å². The number of carbonyl (C=O) groups is 3. The van der Waals surface area contributed by atoms with Crippen molar-refractivity contribution in [2.24, 2.45) is 0 Å². The van der Waals surface area contributed by atoms with Crippen LogP contribution in [0.1, 0.15) is 28.8 Å². The summed E-state index contributed by atoms with van der Waals surface area (Å²) < 4.78 is 13.9. The molecule has 0 saturated carbocycles. The quantitative estimate of drug-likeness (QED) is 0.785. The Morgan fingerprint density at radius 3 is 2.75 bits per heavy atom. The zero-order valence-electron chi connectivity index (χ0n) is 10.3. The first-order chi connectivity index (χ1) is 9.47. The number of rotatable bonds is 1. The van der Waals surface area contributed by atoms with Crippen molar-refractivity contribution in [1.29, 1.82) is 0 Å². The molecule has 0 radical (unpaired) electrons. The van der Waals surface area contributed by atoms with Crippen LogP contribution in [0, 0.1) is 5.82 Å². The first kappa shape index (κ1) is 13.2. The van der Waals surface area contributed by atoms with Crippen LogP contribution in [-0.4, -0.2) is 28.7 Å². The smallest absolute Gasteiger partial charge is 0.255 e. The van der Waals surface area contributed by atoms with E-state index in [4.69, 9.17) is 0 Å². The molecule has 1 saturated heterocycles. The van der Waals surface area contributed by atoms with Gasteiger partial charge >= 0.3 is 0 Å². The Bertz CT molecular complexity index is 647. The van der Waals surface area contributed by atoms with Crippen LogP contribution in [0.15, 0.2) is 16.6 Å². The van der Waals surface area contributed by atoms with E-state index in [9.17, 15) is 18.8 Å². The largest absolute Gasteiger partial charge is 0.322 e. The number of hydrogen-bond donors (Lipinski definition) is 1. The van der Waals surface area contributed by atoms with Crippen LogP contribution < -0.4 is 5.32 Å². The third-order valence-corrected chi connectivity index (χ3v) is 4.27. The number of nitrogens with one attached hydrogen (secondary N) is 1. The average molecular weight is 341 g/mol. The van der Waals surface area contributed by atoms with Crippen LogP contribution in [0.2, 0.25) is 0 Å². The molecule has 1 fully saturated rings. The fraction of sp³-hybridized carbons (Fsp3) is 0.308. The van der Waals surface area contributed by atoms with Gasteiger partial charge in [0.05, 0.1) is 0 Å². The molecule has 20 heavy (non-hydrogen) atoms. The minimum atomic E-state index is -0.678. The van der Waals surface area contributed by atoms with Crippen LogP contribution in [0.5, 0.6) is 0 Å². The first-order valence-corrected chi connectivity index (χ1v) is 6.89. The second-order valence-electron chi connectivity index (χ2n) is 4.81. The summed E-state index contributed by atoms with van der Waals surface area (Å²) in [6.45, 7) is 0.237. The Kier molecular flexibility index (Phi) is 3.08. The van der Waals surface area contributed by atoms with Crippen LogP contribution in [-0.2, 0) is 16.1 Å². The van der Waals surface area contributed by atoms with Crippen molar-refractivity contribution in [1.82, 2.24) is 10.2 Å². The molecule has 0 unspecified atom stereocenters. The van der Waals surface area contributed by atoms with Crippen LogP contribution in [0.3, 0.4) is 0 Å². The van der Waals surface area contributed by atoms with Gasteiger partial charge in [-0.3, -0.25) is 19.7 Å². The van der Waals surface area contributed by atoms with E-state index in [-0.39, 0.29) is 30.3 Å². The molecule has 1 atom stereocenters. The van der Waals surface area contributed by atoms with Gasteiger partial charge in [0.25, 0.3) is 5.91 Å². The highest BCUT2D eigenvalue weighted by atomic mass is 79.9. The molecule has 0 bridgehead atoms. The van der Waals surface area contributed by atoms with Gasteiger partial charge in [0, 0.05) is 23.0 Å². The van der Waals surface area contributed by atoms with Crippen LogP contribution in [0.4, 0.5) is 4.39 Å². The summed E-state index contributed by atoms with van der Waals surface area (Å²) in [5, 5.41) is 2.22. The zero-order valence-corrected chi connectivity index (χ0v) is 11.9. The molecule has 2 heterocycles. The number of hydrogen-bond acceptors (Lipinski definition) is 3. The summed E-state index contributed by atoms with van der Waals surface area (Å²) in [5.74, 6) is -1.69. The van der Waals surface area contributed by atoms with E-state index >= 15 is 0 Å². The Labute approximate surface area is 122 Å². The highest BCUT2D eigenvalue weighted by molar-refractivity contribution is 9.10. The SMILES string of the molecule is O=C1CC[C@H](N2Cc3c(Br)cc(F)cc3C2=O)C(=O)N1. The van der Waals surface area contributed by atoms with Crippen molar-refractivity contribution >= 4 is 33.7 Å². The number of amides is 3. The third kappa shape index (κ3) is 2.02. The topological polar surface area (TPSA) is 66.5 Å². The van der Waals surface area contributed by atoms with E-state index in [1.807, 2.05) is 0 Å². The van der Waals surface area contributed by atoms with Gasteiger partial charge in [0.2, 0.25) is 11.8 Å². The Hall–Kier alpha value is -1.76. The van der Waals surface area contributed by atoms with Crippen molar-refractivity contribution in [2.45, 2.75) is 25.4 Å². The van der Waals surface area contributed by atoms with Crippen LogP contribution in [0.25, 0.3) is 0 Å². The van der Waals surface area contributed by atoms with Gasteiger partial charge in [-0.2, -0.15) is 0 Å². The maximum atomic E-state index is 13.4. The average Bonchev–Trinajstić information content (AvgIpc) is 2.68. The molecule has 0 spiro atoms. The number of fused-ring (bicyclic) bond motifs is 1. The molecule has 0 aromatic heterocycles.